The number of nitriles is 1. The van der Waals surface area contributed by atoms with Crippen LogP contribution in [0, 0.1) is 17.2 Å². The molecule has 0 spiro atoms. The van der Waals surface area contributed by atoms with Gasteiger partial charge in [0.1, 0.15) is 0 Å². The molecular weight excluding hydrogens is 198 g/mol. The SMILES string of the molecule is CN(C)C(C)(C)CNC1CCCCC1C#N. The Balaban J connectivity index is 2.44. The van der Waals surface area contributed by atoms with Gasteiger partial charge in [-0.2, -0.15) is 5.26 Å². The average Bonchev–Trinajstić information content (AvgIpc) is 2.26. The van der Waals surface area contributed by atoms with E-state index in [4.69, 9.17) is 5.26 Å². The first kappa shape index (κ1) is 13.5. The van der Waals surface area contributed by atoms with Crippen LogP contribution in [-0.2, 0) is 0 Å². The molecule has 0 aromatic heterocycles. The minimum atomic E-state index is 0.150. The number of rotatable bonds is 4. The topological polar surface area (TPSA) is 39.1 Å². The molecular formula is C13H25N3. The Hall–Kier alpha value is -0.590. The molecule has 1 saturated carbocycles. The normalized spacial score (nSPS) is 26.8. The van der Waals surface area contributed by atoms with E-state index in [9.17, 15) is 0 Å². The van der Waals surface area contributed by atoms with E-state index in [1.54, 1.807) is 0 Å². The van der Waals surface area contributed by atoms with E-state index in [0.717, 1.165) is 19.4 Å². The highest BCUT2D eigenvalue weighted by Gasteiger charge is 2.27. The van der Waals surface area contributed by atoms with E-state index in [2.05, 4.69) is 44.2 Å². The summed E-state index contributed by atoms with van der Waals surface area (Å²) in [6, 6.07) is 2.84. The summed E-state index contributed by atoms with van der Waals surface area (Å²) >= 11 is 0. The molecule has 0 radical (unpaired) electrons. The summed E-state index contributed by atoms with van der Waals surface area (Å²) in [5, 5.41) is 12.7. The third-order valence-corrected chi connectivity index (χ3v) is 3.94. The number of nitrogens with one attached hydrogen (secondary N) is 1. The zero-order chi connectivity index (χ0) is 12.2. The Bertz CT molecular complexity index is 252. The molecule has 92 valence electrons. The van der Waals surface area contributed by atoms with Crippen LogP contribution in [0.2, 0.25) is 0 Å². The molecule has 0 aromatic rings. The van der Waals surface area contributed by atoms with E-state index in [0.29, 0.717) is 6.04 Å². The van der Waals surface area contributed by atoms with Crippen molar-refractivity contribution in [2.24, 2.45) is 5.92 Å². The third-order valence-electron chi connectivity index (χ3n) is 3.94. The number of hydrogen-bond acceptors (Lipinski definition) is 3. The summed E-state index contributed by atoms with van der Waals surface area (Å²) in [6.45, 7) is 5.40. The van der Waals surface area contributed by atoms with Crippen molar-refractivity contribution in [3.63, 3.8) is 0 Å². The standard InChI is InChI=1S/C13H25N3/c1-13(2,16(3)4)10-15-12-8-6-5-7-11(12)9-14/h11-12,15H,5-8,10H2,1-4H3. The molecule has 2 atom stereocenters. The molecule has 1 fully saturated rings. The molecule has 3 nitrogen and oxygen atoms in total. The first-order valence-corrected chi connectivity index (χ1v) is 6.28. The van der Waals surface area contributed by atoms with Crippen molar-refractivity contribution < 1.29 is 0 Å². The fourth-order valence-electron chi connectivity index (χ4n) is 2.07. The second kappa shape index (κ2) is 5.65. The van der Waals surface area contributed by atoms with Gasteiger partial charge in [0.15, 0.2) is 0 Å². The summed E-state index contributed by atoms with van der Waals surface area (Å²) in [6.07, 6.45) is 4.70. The first-order chi connectivity index (χ1) is 7.47. The Labute approximate surface area is 99.8 Å². The van der Waals surface area contributed by atoms with Gasteiger partial charge in [0.25, 0.3) is 0 Å². The van der Waals surface area contributed by atoms with E-state index in [-0.39, 0.29) is 11.5 Å². The lowest BCUT2D eigenvalue weighted by molar-refractivity contribution is 0.173. The van der Waals surface area contributed by atoms with Crippen LogP contribution in [0.3, 0.4) is 0 Å². The van der Waals surface area contributed by atoms with Gasteiger partial charge in [0.2, 0.25) is 0 Å². The van der Waals surface area contributed by atoms with Gasteiger partial charge in [0.05, 0.1) is 12.0 Å². The molecule has 0 aromatic carbocycles. The van der Waals surface area contributed by atoms with Crippen LogP contribution in [0.4, 0.5) is 0 Å². The second-order valence-electron chi connectivity index (χ2n) is 5.71. The molecule has 0 saturated heterocycles. The lowest BCUT2D eigenvalue weighted by atomic mass is 9.85. The molecule has 0 amide bonds. The van der Waals surface area contributed by atoms with Gasteiger partial charge >= 0.3 is 0 Å². The van der Waals surface area contributed by atoms with Crippen molar-refractivity contribution in [3.05, 3.63) is 0 Å². The molecule has 0 aliphatic heterocycles. The summed E-state index contributed by atoms with van der Waals surface area (Å²) in [5.41, 5.74) is 0.150. The Morgan fingerprint density at radius 1 is 1.31 bits per heavy atom. The van der Waals surface area contributed by atoms with Gasteiger partial charge in [0, 0.05) is 18.1 Å². The van der Waals surface area contributed by atoms with E-state index >= 15 is 0 Å². The maximum Gasteiger partial charge on any atom is 0.0672 e. The molecule has 1 aliphatic rings. The zero-order valence-electron chi connectivity index (χ0n) is 11.1. The lowest BCUT2D eigenvalue weighted by Gasteiger charge is -2.36. The van der Waals surface area contributed by atoms with E-state index in [1.165, 1.54) is 12.8 Å². The van der Waals surface area contributed by atoms with Gasteiger partial charge in [-0.05, 0) is 40.8 Å². The maximum atomic E-state index is 9.10. The van der Waals surface area contributed by atoms with Crippen LogP contribution in [0.1, 0.15) is 39.5 Å². The smallest absolute Gasteiger partial charge is 0.0672 e. The fraction of sp³-hybridized carbons (Fsp3) is 0.923. The van der Waals surface area contributed by atoms with Gasteiger partial charge in [-0.15, -0.1) is 0 Å². The van der Waals surface area contributed by atoms with Crippen molar-refractivity contribution in [3.8, 4) is 6.07 Å². The summed E-state index contributed by atoms with van der Waals surface area (Å²) < 4.78 is 0. The molecule has 0 bridgehead atoms. The van der Waals surface area contributed by atoms with Crippen molar-refractivity contribution in [2.45, 2.75) is 51.1 Å². The molecule has 0 heterocycles. The predicted octanol–water partition coefficient (Wildman–Crippen LogP) is 2.00. The van der Waals surface area contributed by atoms with Gasteiger partial charge < -0.3 is 10.2 Å². The van der Waals surface area contributed by atoms with E-state index < -0.39 is 0 Å². The largest absolute Gasteiger partial charge is 0.311 e. The molecule has 1 N–H and O–H groups in total. The molecule has 1 aliphatic carbocycles. The molecule has 2 unspecified atom stereocenters. The average molecular weight is 223 g/mol. The first-order valence-electron chi connectivity index (χ1n) is 6.28. The number of hydrogen-bond donors (Lipinski definition) is 1. The minimum Gasteiger partial charge on any atom is -0.311 e. The van der Waals surface area contributed by atoms with Crippen molar-refractivity contribution in [1.82, 2.24) is 10.2 Å². The Morgan fingerprint density at radius 3 is 2.50 bits per heavy atom. The monoisotopic (exact) mass is 223 g/mol. The number of nitrogens with zero attached hydrogens (tertiary/aromatic N) is 2. The molecule has 1 rings (SSSR count). The summed E-state index contributed by atoms with van der Waals surface area (Å²) in [5.74, 6) is 0.215. The van der Waals surface area contributed by atoms with Crippen LogP contribution in [0.15, 0.2) is 0 Å². The van der Waals surface area contributed by atoms with Gasteiger partial charge in [-0.1, -0.05) is 12.8 Å². The van der Waals surface area contributed by atoms with Gasteiger partial charge in [-0.25, -0.2) is 0 Å². The van der Waals surface area contributed by atoms with Crippen LogP contribution in [-0.4, -0.2) is 37.1 Å². The minimum absolute atomic E-state index is 0.150. The van der Waals surface area contributed by atoms with Crippen LogP contribution in [0.5, 0.6) is 0 Å². The fourth-order valence-corrected chi connectivity index (χ4v) is 2.07. The zero-order valence-corrected chi connectivity index (χ0v) is 11.1. The number of likely N-dealkylation sites (N-methyl/N-ethyl adjacent to an activating group) is 1. The third kappa shape index (κ3) is 3.47. The van der Waals surface area contributed by atoms with Gasteiger partial charge in [-0.3, -0.25) is 0 Å². The molecule has 3 heteroatoms. The highest BCUT2D eigenvalue weighted by atomic mass is 15.2. The second-order valence-corrected chi connectivity index (χ2v) is 5.71. The predicted molar refractivity (Wildman–Crippen MR) is 67.1 cm³/mol. The Kier molecular flexibility index (Phi) is 4.76. The van der Waals surface area contributed by atoms with Crippen molar-refractivity contribution in [1.29, 1.82) is 5.26 Å². The van der Waals surface area contributed by atoms with Crippen LogP contribution < -0.4 is 5.32 Å². The van der Waals surface area contributed by atoms with Crippen LogP contribution >= 0.6 is 0 Å². The van der Waals surface area contributed by atoms with Crippen molar-refractivity contribution >= 4 is 0 Å². The molecule has 16 heavy (non-hydrogen) atoms. The highest BCUT2D eigenvalue weighted by Crippen LogP contribution is 2.24. The quantitative estimate of drug-likeness (QED) is 0.792. The van der Waals surface area contributed by atoms with Crippen LogP contribution in [0.25, 0.3) is 0 Å². The summed E-state index contributed by atoms with van der Waals surface area (Å²) in [4.78, 5) is 2.23. The van der Waals surface area contributed by atoms with E-state index in [1.807, 2.05) is 0 Å². The van der Waals surface area contributed by atoms with Crippen molar-refractivity contribution in [2.75, 3.05) is 20.6 Å². The lowest BCUT2D eigenvalue weighted by Crippen LogP contribution is -2.51. The Morgan fingerprint density at radius 2 is 1.94 bits per heavy atom. The summed E-state index contributed by atoms with van der Waals surface area (Å²) in [7, 11) is 4.20. The highest BCUT2D eigenvalue weighted by molar-refractivity contribution is 4.95. The maximum absolute atomic E-state index is 9.10.